The first-order chi connectivity index (χ1) is 35.3. The number of benzene rings is 11. The molecule has 0 atom stereocenters. The molecule has 0 aliphatic rings. The van der Waals surface area contributed by atoms with Crippen molar-refractivity contribution in [3.05, 3.63) is 216 Å². The van der Waals surface area contributed by atoms with E-state index in [2.05, 4.69) is 207 Å². The van der Waals surface area contributed by atoms with Crippen LogP contribution in [0, 0.1) is 27.7 Å². The van der Waals surface area contributed by atoms with Gasteiger partial charge < -0.3 is 27.5 Å². The Morgan fingerprint density at radius 2 is 0.667 bits per heavy atom. The predicted molar refractivity (Wildman–Crippen MR) is 299 cm³/mol. The Balaban J connectivity index is 0.895. The lowest BCUT2D eigenvalue weighted by molar-refractivity contribution is 0.657. The van der Waals surface area contributed by atoms with Gasteiger partial charge in [0.1, 0.15) is 33.5 Å². The fourth-order valence-corrected chi connectivity index (χ4v) is 11.6. The quantitative estimate of drug-likeness (QED) is 0.166. The highest BCUT2D eigenvalue weighted by Crippen LogP contribution is 2.49. The lowest BCUT2D eigenvalue weighted by atomic mass is 9.96. The summed E-state index contributed by atoms with van der Waals surface area (Å²) >= 11 is 0. The molecule has 0 radical (unpaired) electrons. The highest BCUT2D eigenvalue weighted by molar-refractivity contribution is 6.29. The first-order valence-electron chi connectivity index (χ1n) is 24.6. The molecule has 72 heavy (non-hydrogen) atoms. The summed E-state index contributed by atoms with van der Waals surface area (Å²) in [5.74, 6) is 0. The Morgan fingerprint density at radius 3 is 1.12 bits per heavy atom. The van der Waals surface area contributed by atoms with Gasteiger partial charge in [-0.15, -0.1) is 0 Å². The van der Waals surface area contributed by atoms with Crippen molar-refractivity contribution in [2.24, 2.45) is 0 Å². The maximum atomic E-state index is 6.97. The minimum Gasteiger partial charge on any atom is -0.456 e. The molecule has 0 aliphatic heterocycles. The Hall–Kier alpha value is -9.26. The molecule has 0 spiro atoms. The van der Waals surface area contributed by atoms with E-state index >= 15 is 0 Å². The zero-order chi connectivity index (χ0) is 47.9. The third-order valence-electron chi connectivity index (χ3n) is 15.2. The fourth-order valence-electron chi connectivity index (χ4n) is 11.6. The third-order valence-corrected chi connectivity index (χ3v) is 15.2. The van der Waals surface area contributed by atoms with Gasteiger partial charge in [-0.25, -0.2) is 0 Å². The van der Waals surface area contributed by atoms with E-state index < -0.39 is 0 Å². The van der Waals surface area contributed by atoms with Crippen LogP contribution < -0.4 is 9.80 Å². The summed E-state index contributed by atoms with van der Waals surface area (Å²) in [4.78, 5) is 4.65. The van der Waals surface area contributed by atoms with E-state index in [0.29, 0.717) is 0 Å². The normalized spacial score (nSPS) is 12.2. The Labute approximate surface area is 413 Å². The van der Waals surface area contributed by atoms with Crippen molar-refractivity contribution in [1.82, 2.24) is 0 Å². The van der Waals surface area contributed by atoms with Crippen LogP contribution >= 0.6 is 0 Å². The van der Waals surface area contributed by atoms with E-state index in [1.54, 1.807) is 0 Å². The van der Waals surface area contributed by atoms with E-state index in [1.165, 1.54) is 0 Å². The second kappa shape index (κ2) is 15.1. The topological polar surface area (TPSA) is 59.0 Å². The van der Waals surface area contributed by atoms with E-state index in [0.717, 1.165) is 166 Å². The Kier molecular flexibility index (Phi) is 8.53. The summed E-state index contributed by atoms with van der Waals surface area (Å²) < 4.78 is 27.2. The van der Waals surface area contributed by atoms with Crippen LogP contribution in [0.15, 0.2) is 212 Å². The van der Waals surface area contributed by atoms with Crippen molar-refractivity contribution >= 4 is 143 Å². The molecule has 0 amide bonds. The minimum atomic E-state index is 0.835. The van der Waals surface area contributed by atoms with Crippen LogP contribution in [-0.4, -0.2) is 0 Å². The number of fused-ring (bicyclic) bond motifs is 15. The fraction of sp³-hybridized carbons (Fsp3) is 0.0606. The number of para-hydroxylation sites is 6. The molecule has 0 N–H and O–H groups in total. The van der Waals surface area contributed by atoms with E-state index in [-0.39, 0.29) is 0 Å². The molecule has 4 heterocycles. The molecule has 342 valence electrons. The summed E-state index contributed by atoms with van der Waals surface area (Å²) in [6, 6.07) is 68.9. The number of furan rings is 4. The van der Waals surface area contributed by atoms with Crippen molar-refractivity contribution in [2.75, 3.05) is 9.80 Å². The zero-order valence-electron chi connectivity index (χ0n) is 40.0. The minimum absolute atomic E-state index is 0.835. The number of nitrogens with zero attached hydrogens (tertiary/aromatic N) is 2. The van der Waals surface area contributed by atoms with E-state index in [4.69, 9.17) is 17.7 Å². The summed E-state index contributed by atoms with van der Waals surface area (Å²) in [7, 11) is 0. The molecule has 0 unspecified atom stereocenters. The highest BCUT2D eigenvalue weighted by Gasteiger charge is 2.26. The third kappa shape index (κ3) is 5.84. The second-order valence-electron chi connectivity index (χ2n) is 19.4. The van der Waals surface area contributed by atoms with Crippen LogP contribution in [0.3, 0.4) is 0 Å². The van der Waals surface area contributed by atoms with Crippen LogP contribution in [0.5, 0.6) is 0 Å². The maximum Gasteiger partial charge on any atom is 0.159 e. The summed E-state index contributed by atoms with van der Waals surface area (Å²) in [5.41, 5.74) is 17.5. The molecule has 15 aromatic rings. The molecule has 6 nitrogen and oxygen atoms in total. The van der Waals surface area contributed by atoms with Gasteiger partial charge in [0.05, 0.1) is 11.4 Å². The van der Waals surface area contributed by atoms with Gasteiger partial charge in [0.15, 0.2) is 11.2 Å². The molecule has 0 aliphatic carbocycles. The highest BCUT2D eigenvalue weighted by atomic mass is 16.3. The second-order valence-corrected chi connectivity index (χ2v) is 19.4. The van der Waals surface area contributed by atoms with Gasteiger partial charge in [0.2, 0.25) is 0 Å². The molecule has 0 fully saturated rings. The first kappa shape index (κ1) is 40.6. The lowest BCUT2D eigenvalue weighted by Gasteiger charge is -2.27. The number of rotatable bonds is 6. The predicted octanol–water partition coefficient (Wildman–Crippen LogP) is 19.8. The molecular weight excluding hydrogens is 885 g/mol. The molecule has 11 aromatic carbocycles. The SMILES string of the molecule is Cc1ccccc1N(c1ccc2cc3c(cc2c1)oc1c(C)c(C)c2oc4cc5cc(N(c6ccccc6C)c6cccc7c6oc6ccccc67)ccc5cc4c2c13)c1cccc2c1oc1ccccc12. The van der Waals surface area contributed by atoms with Crippen molar-refractivity contribution in [1.29, 1.82) is 0 Å². The molecule has 0 saturated carbocycles. The van der Waals surface area contributed by atoms with Crippen molar-refractivity contribution in [2.45, 2.75) is 27.7 Å². The van der Waals surface area contributed by atoms with Crippen molar-refractivity contribution in [3.63, 3.8) is 0 Å². The number of hydrogen-bond acceptors (Lipinski definition) is 6. The Morgan fingerprint density at radius 1 is 0.278 bits per heavy atom. The molecule has 15 rings (SSSR count). The van der Waals surface area contributed by atoms with Gasteiger partial charge in [-0.05, 0) is 156 Å². The van der Waals surface area contributed by atoms with Crippen LogP contribution in [0.2, 0.25) is 0 Å². The number of hydrogen-bond donors (Lipinski definition) is 0. The standard InChI is InChI=1S/C66H44N2O4/c1-37-15-5-9-21-53(37)67(55-23-13-19-49-47-17-7-11-25-57(47)69-65(49)55)45-29-27-41-33-51-59(35-43(41)31-45)71-63-39(3)40(4)64-62(61(51)63)52-34-42-28-30-46(32-44(42)36-60(52)72-64)68(54-22-10-6-16-38(54)2)56-24-14-20-50-48-18-8-12-26-58(48)70-66(50)56/h5-36H,1-4H3. The zero-order valence-corrected chi connectivity index (χ0v) is 40.0. The van der Waals surface area contributed by atoms with Gasteiger partial charge >= 0.3 is 0 Å². The monoisotopic (exact) mass is 928 g/mol. The van der Waals surface area contributed by atoms with E-state index in [1.807, 2.05) is 24.3 Å². The summed E-state index contributed by atoms with van der Waals surface area (Å²) in [5, 5.41) is 13.1. The van der Waals surface area contributed by atoms with Crippen LogP contribution in [0.1, 0.15) is 22.3 Å². The number of anilines is 6. The smallest absolute Gasteiger partial charge is 0.159 e. The van der Waals surface area contributed by atoms with Gasteiger partial charge in [-0.3, -0.25) is 0 Å². The number of aryl methyl sites for hydroxylation is 4. The van der Waals surface area contributed by atoms with Crippen LogP contribution in [0.4, 0.5) is 34.1 Å². The molecule has 6 heteroatoms. The largest absolute Gasteiger partial charge is 0.456 e. The lowest BCUT2D eigenvalue weighted by Crippen LogP contribution is -2.11. The van der Waals surface area contributed by atoms with Crippen LogP contribution in [0.25, 0.3) is 109 Å². The van der Waals surface area contributed by atoms with Gasteiger partial charge in [-0.1, -0.05) is 109 Å². The van der Waals surface area contributed by atoms with Gasteiger partial charge in [-0.2, -0.15) is 0 Å². The van der Waals surface area contributed by atoms with Gasteiger partial charge in [0, 0.05) is 65.8 Å². The maximum absolute atomic E-state index is 6.97. The van der Waals surface area contributed by atoms with Crippen LogP contribution in [-0.2, 0) is 0 Å². The molecule has 0 bridgehead atoms. The van der Waals surface area contributed by atoms with Gasteiger partial charge in [0.25, 0.3) is 0 Å². The molecule has 0 saturated heterocycles. The average molecular weight is 929 g/mol. The molecular formula is C66H44N2O4. The van der Waals surface area contributed by atoms with Crippen molar-refractivity contribution in [3.8, 4) is 0 Å². The molecule has 4 aromatic heterocycles. The van der Waals surface area contributed by atoms with Crippen molar-refractivity contribution < 1.29 is 17.7 Å². The Bertz CT molecular complexity index is 4470. The average Bonchev–Trinajstić information content (AvgIpc) is 4.18. The first-order valence-corrected chi connectivity index (χ1v) is 24.6. The summed E-state index contributed by atoms with van der Waals surface area (Å²) in [6.07, 6.45) is 0. The summed E-state index contributed by atoms with van der Waals surface area (Å²) in [6.45, 7) is 8.62. The van der Waals surface area contributed by atoms with E-state index in [9.17, 15) is 0 Å².